The molecule has 4 rings (SSSR count). The molecular weight excluding hydrogens is 359 g/mol. The summed E-state index contributed by atoms with van der Waals surface area (Å²) in [5, 5.41) is 18.6. The van der Waals surface area contributed by atoms with Gasteiger partial charge in [-0.25, -0.2) is 4.68 Å². The van der Waals surface area contributed by atoms with E-state index in [1.165, 1.54) is 0 Å². The lowest BCUT2D eigenvalue weighted by Crippen LogP contribution is -2.03. The third kappa shape index (κ3) is 2.71. The highest BCUT2D eigenvalue weighted by molar-refractivity contribution is 6.30. The van der Waals surface area contributed by atoms with Crippen molar-refractivity contribution in [2.75, 3.05) is 0 Å². The third-order valence-corrected chi connectivity index (χ3v) is 4.43. The molecule has 7 heteroatoms. The van der Waals surface area contributed by atoms with E-state index < -0.39 is 0 Å². The maximum absolute atomic E-state index is 8.02. The second-order valence-electron chi connectivity index (χ2n) is 5.56. The summed E-state index contributed by atoms with van der Waals surface area (Å²) in [5.41, 5.74) is 3.59. The molecule has 2 aromatic heterocycles. The maximum atomic E-state index is 8.02. The lowest BCUT2D eigenvalue weighted by molar-refractivity contribution is 0.354. The molecule has 4 aromatic rings. The summed E-state index contributed by atoms with van der Waals surface area (Å²) in [4.78, 5) is 0. The molecule has 0 amide bonds. The molecule has 0 aliphatic rings. The molecule has 124 valence electrons. The minimum Gasteiger partial charge on any atom is -0.334 e. The van der Waals surface area contributed by atoms with Crippen molar-refractivity contribution in [1.82, 2.24) is 14.9 Å². The summed E-state index contributed by atoms with van der Waals surface area (Å²) in [5.74, 6) is 0. The molecule has 2 aromatic carbocycles. The van der Waals surface area contributed by atoms with Crippen LogP contribution in [-0.2, 0) is 0 Å². The Morgan fingerprint density at radius 1 is 0.960 bits per heavy atom. The van der Waals surface area contributed by atoms with Crippen LogP contribution in [0.1, 0.15) is 5.69 Å². The lowest BCUT2D eigenvalue weighted by Gasteiger charge is -2.09. The van der Waals surface area contributed by atoms with Gasteiger partial charge in [-0.1, -0.05) is 40.5 Å². The highest BCUT2D eigenvalue weighted by atomic mass is 35.5. The number of hydrogen-bond acceptors (Lipinski definition) is 4. The highest BCUT2D eigenvalue weighted by Crippen LogP contribution is 2.32. The summed E-state index contributed by atoms with van der Waals surface area (Å²) >= 11 is 12.0. The second kappa shape index (κ2) is 6.02. The van der Waals surface area contributed by atoms with E-state index in [1.54, 1.807) is 16.8 Å². The van der Waals surface area contributed by atoms with E-state index in [0.717, 1.165) is 22.3 Å². The average Bonchev–Trinajstić information content (AvgIpc) is 3.01. The molecule has 1 N–H and O–H groups in total. The number of hydrogen-bond donors (Lipinski definition) is 1. The van der Waals surface area contributed by atoms with Gasteiger partial charge in [-0.2, -0.15) is 5.10 Å². The normalized spacial score (nSPS) is 11.2. The smallest absolute Gasteiger partial charge is 0.269 e. The number of halogens is 2. The van der Waals surface area contributed by atoms with Crippen LogP contribution < -0.4 is 5.55 Å². The zero-order valence-corrected chi connectivity index (χ0v) is 14.6. The van der Waals surface area contributed by atoms with Gasteiger partial charge in [0.2, 0.25) is 0 Å². The molecule has 0 spiro atoms. The number of rotatable bonds is 2. The van der Waals surface area contributed by atoms with Gasteiger partial charge in [-0.05, 0) is 43.3 Å². The first-order valence-electron chi connectivity index (χ1n) is 7.50. The van der Waals surface area contributed by atoms with E-state index >= 15 is 0 Å². The van der Waals surface area contributed by atoms with Crippen LogP contribution in [0.4, 0.5) is 0 Å². The average molecular weight is 371 g/mol. The number of nitrogens with zero attached hydrogens (tertiary/aromatic N) is 3. The topological polar surface area (TPSA) is 67.7 Å². The van der Waals surface area contributed by atoms with Crippen molar-refractivity contribution < 1.29 is 4.52 Å². The Kier molecular flexibility index (Phi) is 3.82. The van der Waals surface area contributed by atoms with Gasteiger partial charge in [0.25, 0.3) is 5.55 Å². The molecule has 0 bridgehead atoms. The fourth-order valence-corrected chi connectivity index (χ4v) is 3.02. The molecule has 0 aliphatic heterocycles. The van der Waals surface area contributed by atoms with Gasteiger partial charge < -0.3 is 4.52 Å². The minimum atomic E-state index is -0.0801. The van der Waals surface area contributed by atoms with Crippen LogP contribution in [0.2, 0.25) is 10.0 Å². The molecule has 0 saturated carbocycles. The van der Waals surface area contributed by atoms with Crippen molar-refractivity contribution in [3.05, 3.63) is 69.8 Å². The first kappa shape index (κ1) is 15.9. The van der Waals surface area contributed by atoms with Crippen molar-refractivity contribution in [3.8, 4) is 16.9 Å². The predicted octanol–water partition coefficient (Wildman–Crippen LogP) is 4.78. The van der Waals surface area contributed by atoms with Crippen molar-refractivity contribution in [3.63, 3.8) is 0 Å². The summed E-state index contributed by atoms with van der Waals surface area (Å²) < 4.78 is 6.82. The van der Waals surface area contributed by atoms with Gasteiger partial charge >= 0.3 is 0 Å². The quantitative estimate of drug-likeness (QED) is 0.552. The van der Waals surface area contributed by atoms with Crippen molar-refractivity contribution in [1.29, 1.82) is 5.41 Å². The van der Waals surface area contributed by atoms with Crippen LogP contribution in [0.25, 0.3) is 27.8 Å². The zero-order chi connectivity index (χ0) is 17.6. The van der Waals surface area contributed by atoms with Crippen molar-refractivity contribution in [2.45, 2.75) is 6.92 Å². The van der Waals surface area contributed by atoms with Crippen LogP contribution in [0.5, 0.6) is 0 Å². The molecule has 25 heavy (non-hydrogen) atoms. The van der Waals surface area contributed by atoms with Crippen molar-refractivity contribution in [2.24, 2.45) is 0 Å². The van der Waals surface area contributed by atoms with Crippen LogP contribution in [0.3, 0.4) is 0 Å². The lowest BCUT2D eigenvalue weighted by atomic mass is 10.1. The number of benzene rings is 2. The van der Waals surface area contributed by atoms with E-state index in [4.69, 9.17) is 33.1 Å². The molecule has 0 atom stereocenters. The van der Waals surface area contributed by atoms with E-state index in [2.05, 4.69) is 10.3 Å². The Labute approximate surface area is 152 Å². The fourth-order valence-electron chi connectivity index (χ4n) is 2.77. The Morgan fingerprint density at radius 2 is 1.56 bits per heavy atom. The second-order valence-corrected chi connectivity index (χ2v) is 6.44. The Bertz CT molecular complexity index is 1130. The summed E-state index contributed by atoms with van der Waals surface area (Å²) in [7, 11) is 0. The summed E-state index contributed by atoms with van der Waals surface area (Å²) in [6.07, 6.45) is 0. The monoisotopic (exact) mass is 370 g/mol. The fraction of sp³-hybridized carbons (Fsp3) is 0.0556. The number of nitrogens with one attached hydrogen (secondary N) is 1. The van der Waals surface area contributed by atoms with E-state index in [1.807, 2.05) is 43.3 Å². The molecule has 5 nitrogen and oxygen atoms in total. The summed E-state index contributed by atoms with van der Waals surface area (Å²) in [6, 6.07) is 14.8. The van der Waals surface area contributed by atoms with E-state index in [0.29, 0.717) is 21.3 Å². The number of fused-ring (bicyclic) bond motifs is 1. The Balaban J connectivity index is 2.11. The summed E-state index contributed by atoms with van der Waals surface area (Å²) in [6.45, 7) is 1.83. The Morgan fingerprint density at radius 3 is 2.20 bits per heavy atom. The first-order chi connectivity index (χ1) is 12.0. The van der Waals surface area contributed by atoms with Gasteiger partial charge in [-0.3, -0.25) is 5.41 Å². The van der Waals surface area contributed by atoms with Crippen LogP contribution in [-0.4, -0.2) is 14.9 Å². The molecule has 0 fully saturated rings. The molecule has 2 heterocycles. The maximum Gasteiger partial charge on any atom is 0.269 e. The molecule has 0 unspecified atom stereocenters. The SMILES string of the molecule is Cc1noc(=N)c2nn(-c3ccc(Cl)cc3)c(-c3ccc(Cl)cc3)c12. The standard InChI is InChI=1S/C18H12Cl2N4O/c1-10-15-16(18(21)25-23-10)22-24(14-8-6-13(20)7-9-14)17(15)11-2-4-12(19)5-3-11/h2-9,21H,1H3. The molecule has 0 aliphatic carbocycles. The van der Waals surface area contributed by atoms with Gasteiger partial charge in [0, 0.05) is 15.6 Å². The molecule has 0 radical (unpaired) electrons. The van der Waals surface area contributed by atoms with E-state index in [-0.39, 0.29) is 5.55 Å². The van der Waals surface area contributed by atoms with Crippen molar-refractivity contribution >= 4 is 34.1 Å². The first-order valence-corrected chi connectivity index (χ1v) is 8.26. The van der Waals surface area contributed by atoms with Crippen LogP contribution >= 0.6 is 23.2 Å². The number of aromatic nitrogens is 3. The number of aryl methyl sites for hydroxylation is 1. The minimum absolute atomic E-state index is 0.0801. The Hall–Kier alpha value is -2.63. The predicted molar refractivity (Wildman–Crippen MR) is 97.2 cm³/mol. The van der Waals surface area contributed by atoms with Gasteiger partial charge in [-0.15, -0.1) is 0 Å². The van der Waals surface area contributed by atoms with Crippen LogP contribution in [0.15, 0.2) is 53.1 Å². The zero-order valence-electron chi connectivity index (χ0n) is 13.1. The van der Waals surface area contributed by atoms with Gasteiger partial charge in [0.15, 0.2) is 5.52 Å². The van der Waals surface area contributed by atoms with E-state index in [9.17, 15) is 0 Å². The van der Waals surface area contributed by atoms with Crippen LogP contribution in [0, 0.1) is 12.3 Å². The molecule has 0 saturated heterocycles. The molecular formula is C18H12Cl2N4O. The third-order valence-electron chi connectivity index (χ3n) is 3.93. The van der Waals surface area contributed by atoms with Gasteiger partial charge in [0.05, 0.1) is 22.5 Å². The van der Waals surface area contributed by atoms with Gasteiger partial charge in [0.1, 0.15) is 0 Å². The highest BCUT2D eigenvalue weighted by Gasteiger charge is 2.19. The largest absolute Gasteiger partial charge is 0.334 e.